The molecule has 1 aromatic carbocycles. The molecule has 1 atom stereocenters. The fourth-order valence-electron chi connectivity index (χ4n) is 3.59. The molecule has 0 aliphatic carbocycles. The lowest BCUT2D eigenvalue weighted by Gasteiger charge is -2.44. The molecule has 1 unspecified atom stereocenters. The normalized spacial score (nSPS) is 22.7. The summed E-state index contributed by atoms with van der Waals surface area (Å²) in [4.78, 5) is 32.7. The van der Waals surface area contributed by atoms with Crippen LogP contribution in [0, 0.1) is 5.41 Å². The molecule has 2 amide bonds. The van der Waals surface area contributed by atoms with Crippen LogP contribution in [0.5, 0.6) is 0 Å². The molecule has 1 N–H and O–H groups in total. The molecule has 10 heteroatoms. The quantitative estimate of drug-likeness (QED) is 0.763. The zero-order chi connectivity index (χ0) is 20.7. The van der Waals surface area contributed by atoms with Crippen LogP contribution in [-0.2, 0) is 15.8 Å². The summed E-state index contributed by atoms with van der Waals surface area (Å²) in [6, 6.07) is 3.56. The van der Waals surface area contributed by atoms with E-state index in [-0.39, 0.29) is 36.8 Å². The number of hydrogen-bond acceptors (Lipinski definition) is 4. The Kier molecular flexibility index (Phi) is 5.31. The molecule has 0 radical (unpaired) electrons. The van der Waals surface area contributed by atoms with Gasteiger partial charge in [-0.2, -0.15) is 13.2 Å². The van der Waals surface area contributed by atoms with Gasteiger partial charge in [-0.05, 0) is 31.0 Å². The van der Waals surface area contributed by atoms with Crippen LogP contribution in [0.4, 0.5) is 18.9 Å². The first-order valence-electron chi connectivity index (χ1n) is 8.93. The molecule has 28 heavy (non-hydrogen) atoms. The van der Waals surface area contributed by atoms with Gasteiger partial charge in [0.15, 0.2) is 0 Å². The Morgan fingerprint density at radius 1 is 1.29 bits per heavy atom. The summed E-state index contributed by atoms with van der Waals surface area (Å²) in [6.07, 6.45) is -3.24. The highest BCUT2D eigenvalue weighted by Gasteiger charge is 2.52. The second-order valence-electron chi connectivity index (χ2n) is 6.84. The number of benzene rings is 1. The highest BCUT2D eigenvalue weighted by Crippen LogP contribution is 2.38. The van der Waals surface area contributed by atoms with Gasteiger partial charge in [-0.1, -0.05) is 31.9 Å². The summed E-state index contributed by atoms with van der Waals surface area (Å²) >= 11 is 5.68. The number of anilines is 1. The summed E-state index contributed by atoms with van der Waals surface area (Å²) in [7, 11) is 0. The highest BCUT2D eigenvalue weighted by molar-refractivity contribution is 6.31. The first kappa shape index (κ1) is 20.4. The lowest BCUT2D eigenvalue weighted by molar-refractivity contribution is -0.151. The molecule has 1 saturated heterocycles. The van der Waals surface area contributed by atoms with Crippen LogP contribution < -0.4 is 10.2 Å². The summed E-state index contributed by atoms with van der Waals surface area (Å²) < 4.78 is 39.5. The molecule has 152 valence electrons. The molecule has 6 nitrogen and oxygen atoms in total. The van der Waals surface area contributed by atoms with Crippen molar-refractivity contribution in [3.63, 3.8) is 0 Å². The average Bonchev–Trinajstić information content (AvgIpc) is 2.64. The van der Waals surface area contributed by atoms with Gasteiger partial charge >= 0.3 is 6.18 Å². The Morgan fingerprint density at radius 3 is 2.61 bits per heavy atom. The number of nitrogens with one attached hydrogen (secondary N) is 1. The van der Waals surface area contributed by atoms with Crippen molar-refractivity contribution in [3.05, 3.63) is 28.8 Å². The topological polar surface area (TPSA) is 65.0 Å². The number of guanidine groups is 1. The van der Waals surface area contributed by atoms with Crippen LogP contribution in [0.2, 0.25) is 5.02 Å². The number of amides is 2. The SMILES string of the molecule is CCCC1(CC)C(=O)NC2=NCN(c3ccc(Cl)c(C(F)(F)F)c3)CN2C1=O. The molecule has 0 spiro atoms. The van der Waals surface area contributed by atoms with Gasteiger partial charge in [-0.3, -0.25) is 19.8 Å². The van der Waals surface area contributed by atoms with Crippen LogP contribution in [0.25, 0.3) is 0 Å². The number of carbonyl (C=O) groups is 2. The minimum absolute atomic E-state index is 0.00518. The minimum Gasteiger partial charge on any atom is -0.334 e. The Labute approximate surface area is 165 Å². The molecule has 2 heterocycles. The van der Waals surface area contributed by atoms with Crippen LogP contribution in [0.1, 0.15) is 38.7 Å². The standard InChI is InChI=1S/C18H20ClF3N4O2/c1-3-7-17(4-2)14(27)24-16-23-9-25(10-26(16)15(17)28)11-5-6-13(19)12(8-11)18(20,21)22/h5-6,8H,3-4,7,9-10H2,1-2H3,(H,23,24,27). The van der Waals surface area contributed by atoms with Crippen molar-refractivity contribution < 1.29 is 22.8 Å². The first-order valence-corrected chi connectivity index (χ1v) is 9.31. The highest BCUT2D eigenvalue weighted by atomic mass is 35.5. The maximum Gasteiger partial charge on any atom is 0.417 e. The van der Waals surface area contributed by atoms with Crippen molar-refractivity contribution in [3.8, 4) is 0 Å². The van der Waals surface area contributed by atoms with Gasteiger partial charge in [-0.15, -0.1) is 0 Å². The Morgan fingerprint density at radius 2 is 2.00 bits per heavy atom. The molecule has 0 bridgehead atoms. The van der Waals surface area contributed by atoms with Crippen LogP contribution in [-0.4, -0.2) is 36.0 Å². The van der Waals surface area contributed by atoms with Gasteiger partial charge in [0.25, 0.3) is 0 Å². The van der Waals surface area contributed by atoms with E-state index >= 15 is 0 Å². The Balaban J connectivity index is 1.93. The summed E-state index contributed by atoms with van der Waals surface area (Å²) in [5, 5.41) is 2.28. The van der Waals surface area contributed by atoms with Gasteiger partial charge in [0.1, 0.15) is 18.8 Å². The van der Waals surface area contributed by atoms with E-state index in [0.29, 0.717) is 19.3 Å². The van der Waals surface area contributed by atoms with Gasteiger partial charge in [-0.25, -0.2) is 4.99 Å². The molecule has 2 aliphatic rings. The lowest BCUT2D eigenvalue weighted by Crippen LogP contribution is -2.67. The van der Waals surface area contributed by atoms with E-state index in [0.717, 1.165) is 6.07 Å². The van der Waals surface area contributed by atoms with Crippen molar-refractivity contribution in [2.75, 3.05) is 18.2 Å². The van der Waals surface area contributed by atoms with E-state index in [1.807, 2.05) is 6.92 Å². The molecule has 0 aromatic heterocycles. The summed E-state index contributed by atoms with van der Waals surface area (Å²) in [5.74, 6) is -0.623. The number of rotatable bonds is 4. The lowest BCUT2D eigenvalue weighted by atomic mass is 9.77. The van der Waals surface area contributed by atoms with Crippen LogP contribution >= 0.6 is 11.6 Å². The number of aliphatic imine (C=N–C) groups is 1. The maximum absolute atomic E-state index is 13.2. The molecule has 0 saturated carbocycles. The number of alkyl halides is 3. The second kappa shape index (κ2) is 7.27. The fraction of sp³-hybridized carbons (Fsp3) is 0.500. The van der Waals surface area contributed by atoms with E-state index in [1.54, 1.807) is 6.92 Å². The predicted molar refractivity (Wildman–Crippen MR) is 98.7 cm³/mol. The molecular weight excluding hydrogens is 397 g/mol. The number of carbonyl (C=O) groups excluding carboxylic acids is 2. The van der Waals surface area contributed by atoms with Crippen LogP contribution in [0.15, 0.2) is 23.2 Å². The fourth-order valence-corrected chi connectivity index (χ4v) is 3.82. The van der Waals surface area contributed by atoms with E-state index in [4.69, 9.17) is 11.6 Å². The minimum atomic E-state index is -4.59. The predicted octanol–water partition coefficient (Wildman–Crippen LogP) is 3.60. The van der Waals surface area contributed by atoms with Gasteiger partial charge in [0.05, 0.1) is 10.6 Å². The zero-order valence-electron chi connectivity index (χ0n) is 15.4. The van der Waals surface area contributed by atoms with E-state index in [2.05, 4.69) is 10.3 Å². The summed E-state index contributed by atoms with van der Waals surface area (Å²) in [5.41, 5.74) is -1.90. The smallest absolute Gasteiger partial charge is 0.334 e. The Bertz CT molecular complexity index is 843. The van der Waals surface area contributed by atoms with Crippen molar-refractivity contribution in [2.24, 2.45) is 10.4 Å². The number of hydrogen-bond donors (Lipinski definition) is 1. The van der Waals surface area contributed by atoms with Crippen LogP contribution in [0.3, 0.4) is 0 Å². The van der Waals surface area contributed by atoms with Crippen molar-refractivity contribution in [2.45, 2.75) is 39.3 Å². The maximum atomic E-state index is 13.2. The Hall–Kier alpha value is -2.29. The van der Waals surface area contributed by atoms with Crippen molar-refractivity contribution in [1.82, 2.24) is 10.2 Å². The van der Waals surface area contributed by atoms with E-state index < -0.39 is 22.2 Å². The number of halogens is 4. The summed E-state index contributed by atoms with van der Waals surface area (Å²) in [6.45, 7) is 3.65. The largest absolute Gasteiger partial charge is 0.417 e. The molecule has 1 aromatic rings. The third-order valence-electron chi connectivity index (χ3n) is 5.17. The third kappa shape index (κ3) is 3.32. The van der Waals surface area contributed by atoms with E-state index in [1.165, 1.54) is 21.9 Å². The average molecular weight is 417 g/mol. The van der Waals surface area contributed by atoms with Gasteiger partial charge < -0.3 is 4.90 Å². The first-order chi connectivity index (χ1) is 13.1. The van der Waals surface area contributed by atoms with Crippen molar-refractivity contribution >= 4 is 35.1 Å². The van der Waals surface area contributed by atoms with E-state index in [9.17, 15) is 22.8 Å². The number of nitrogens with zero attached hydrogens (tertiary/aromatic N) is 3. The van der Waals surface area contributed by atoms with Gasteiger partial charge in [0.2, 0.25) is 17.8 Å². The zero-order valence-corrected chi connectivity index (χ0v) is 16.2. The molecular formula is C18H20ClF3N4O2. The third-order valence-corrected chi connectivity index (χ3v) is 5.50. The number of fused-ring (bicyclic) bond motifs is 1. The van der Waals surface area contributed by atoms with Gasteiger partial charge in [0, 0.05) is 5.69 Å². The molecule has 2 aliphatic heterocycles. The van der Waals surface area contributed by atoms with Crippen molar-refractivity contribution in [1.29, 1.82) is 0 Å². The monoisotopic (exact) mass is 416 g/mol. The molecule has 1 fully saturated rings. The second-order valence-corrected chi connectivity index (χ2v) is 7.25. The molecule has 3 rings (SSSR count).